The number of benzene rings is 1. The van der Waals surface area contributed by atoms with Crippen molar-refractivity contribution in [2.24, 2.45) is 5.73 Å². The van der Waals surface area contributed by atoms with Crippen LogP contribution in [0.1, 0.15) is 12.0 Å². The van der Waals surface area contributed by atoms with Crippen LogP contribution in [0.4, 0.5) is 5.69 Å². The number of rotatable bonds is 3. The second-order valence-electron chi connectivity index (χ2n) is 3.55. The largest absolute Gasteiger partial charge is 0.330 e. The Kier molecular flexibility index (Phi) is 4.42. The third-order valence-electron chi connectivity index (χ3n) is 2.09. The maximum atomic E-state index is 11.3. The summed E-state index contributed by atoms with van der Waals surface area (Å²) < 4.78 is 22.6. The molecule has 18 heavy (non-hydrogen) atoms. The first kappa shape index (κ1) is 14.2. The molecule has 1 aromatic carbocycles. The molecule has 0 bridgehead atoms. The highest BCUT2D eigenvalue weighted by Crippen LogP contribution is 2.22. The average molecular weight is 268 g/mol. The van der Waals surface area contributed by atoms with Gasteiger partial charge in [0.05, 0.1) is 9.82 Å². The van der Waals surface area contributed by atoms with Gasteiger partial charge in [-0.25, -0.2) is 8.42 Å². The van der Waals surface area contributed by atoms with E-state index in [0.717, 1.165) is 12.3 Å². The molecule has 0 unspecified atom stereocenters. The molecule has 6 nitrogen and oxygen atoms in total. The summed E-state index contributed by atoms with van der Waals surface area (Å²) in [6.45, 7) is 0.363. The van der Waals surface area contributed by atoms with E-state index in [-0.39, 0.29) is 16.1 Å². The van der Waals surface area contributed by atoms with Crippen molar-refractivity contribution in [1.82, 2.24) is 0 Å². The number of nitrogens with zero attached hydrogens (tertiary/aromatic N) is 1. The first-order chi connectivity index (χ1) is 8.36. The van der Waals surface area contributed by atoms with E-state index in [1.54, 1.807) is 0 Å². The van der Waals surface area contributed by atoms with Gasteiger partial charge in [-0.1, -0.05) is 11.8 Å². The summed E-state index contributed by atoms with van der Waals surface area (Å²) in [4.78, 5) is 10.1. The monoisotopic (exact) mass is 268 g/mol. The van der Waals surface area contributed by atoms with Gasteiger partial charge >= 0.3 is 0 Å². The van der Waals surface area contributed by atoms with E-state index in [1.165, 1.54) is 12.1 Å². The van der Waals surface area contributed by atoms with Gasteiger partial charge in [-0.3, -0.25) is 10.1 Å². The molecule has 1 rings (SSSR count). The van der Waals surface area contributed by atoms with Crippen LogP contribution in [-0.4, -0.2) is 26.1 Å². The summed E-state index contributed by atoms with van der Waals surface area (Å²) in [6.07, 6.45) is 1.41. The van der Waals surface area contributed by atoms with Crippen molar-refractivity contribution in [2.45, 2.75) is 11.3 Å². The molecule has 0 atom stereocenters. The molecule has 0 amide bonds. The Labute approximate surface area is 105 Å². The Morgan fingerprint density at radius 3 is 2.61 bits per heavy atom. The summed E-state index contributed by atoms with van der Waals surface area (Å²) in [5.74, 6) is 5.28. The van der Waals surface area contributed by atoms with E-state index < -0.39 is 14.8 Å². The summed E-state index contributed by atoms with van der Waals surface area (Å²) in [5.41, 5.74) is 5.12. The Bertz CT molecular complexity index is 626. The number of nitro benzene ring substituents is 1. The zero-order valence-corrected chi connectivity index (χ0v) is 10.5. The first-order valence-electron chi connectivity index (χ1n) is 5.03. The van der Waals surface area contributed by atoms with Crippen molar-refractivity contribution in [1.29, 1.82) is 0 Å². The van der Waals surface area contributed by atoms with Gasteiger partial charge in [0, 0.05) is 25.3 Å². The van der Waals surface area contributed by atoms with E-state index in [0.29, 0.717) is 13.0 Å². The van der Waals surface area contributed by atoms with Crippen LogP contribution < -0.4 is 5.73 Å². The van der Waals surface area contributed by atoms with Gasteiger partial charge in [0.1, 0.15) is 5.56 Å². The number of sulfone groups is 1. The Morgan fingerprint density at radius 1 is 1.44 bits per heavy atom. The van der Waals surface area contributed by atoms with Crippen LogP contribution in [0.15, 0.2) is 23.1 Å². The van der Waals surface area contributed by atoms with Gasteiger partial charge in [0.25, 0.3) is 5.69 Å². The van der Waals surface area contributed by atoms with Crippen molar-refractivity contribution in [2.75, 3.05) is 12.8 Å². The van der Waals surface area contributed by atoms with Crippen LogP contribution >= 0.6 is 0 Å². The van der Waals surface area contributed by atoms with E-state index in [9.17, 15) is 18.5 Å². The predicted molar refractivity (Wildman–Crippen MR) is 66.8 cm³/mol. The molecular weight excluding hydrogens is 256 g/mol. The SMILES string of the molecule is CS(=O)(=O)c1ccc(C#CCCN)c([N+](=O)[O-])c1. The highest BCUT2D eigenvalue weighted by molar-refractivity contribution is 7.90. The fourth-order valence-electron chi connectivity index (χ4n) is 1.23. The molecule has 0 aromatic heterocycles. The topological polar surface area (TPSA) is 103 Å². The first-order valence-corrected chi connectivity index (χ1v) is 6.93. The molecule has 0 radical (unpaired) electrons. The molecule has 0 spiro atoms. The molecule has 0 fully saturated rings. The number of hydrogen-bond acceptors (Lipinski definition) is 5. The Hall–Kier alpha value is -1.91. The molecule has 2 N–H and O–H groups in total. The number of nitro groups is 1. The standard InChI is InChI=1S/C11H12N2O4S/c1-18(16,17)10-6-5-9(4-2-3-7-12)11(8-10)13(14)15/h5-6,8H,3,7,12H2,1H3. The molecule has 0 aliphatic heterocycles. The molecular formula is C11H12N2O4S. The van der Waals surface area contributed by atoms with E-state index in [1.807, 2.05) is 0 Å². The lowest BCUT2D eigenvalue weighted by Crippen LogP contribution is -2.00. The van der Waals surface area contributed by atoms with Crippen LogP contribution in [0.3, 0.4) is 0 Å². The number of hydrogen-bond donors (Lipinski definition) is 1. The zero-order chi connectivity index (χ0) is 13.8. The van der Waals surface area contributed by atoms with Crippen molar-refractivity contribution in [3.8, 4) is 11.8 Å². The minimum Gasteiger partial charge on any atom is -0.330 e. The summed E-state index contributed by atoms with van der Waals surface area (Å²) in [5, 5.41) is 10.9. The smallest absolute Gasteiger partial charge is 0.286 e. The van der Waals surface area contributed by atoms with Crippen LogP contribution in [0.25, 0.3) is 0 Å². The molecule has 0 saturated heterocycles. The molecule has 7 heteroatoms. The average Bonchev–Trinajstić information content (AvgIpc) is 2.28. The van der Waals surface area contributed by atoms with Crippen molar-refractivity contribution in [3.63, 3.8) is 0 Å². The van der Waals surface area contributed by atoms with Gasteiger partial charge in [0.15, 0.2) is 9.84 Å². The van der Waals surface area contributed by atoms with Crippen molar-refractivity contribution in [3.05, 3.63) is 33.9 Å². The van der Waals surface area contributed by atoms with Gasteiger partial charge in [-0.2, -0.15) is 0 Å². The third kappa shape index (κ3) is 3.55. The van der Waals surface area contributed by atoms with Gasteiger partial charge < -0.3 is 5.73 Å². The normalized spacial score (nSPS) is 10.6. The molecule has 0 saturated carbocycles. The van der Waals surface area contributed by atoms with Gasteiger partial charge in [-0.05, 0) is 12.1 Å². The molecule has 1 aromatic rings. The Balaban J connectivity index is 3.31. The maximum Gasteiger partial charge on any atom is 0.286 e. The van der Waals surface area contributed by atoms with E-state index in [4.69, 9.17) is 5.73 Å². The lowest BCUT2D eigenvalue weighted by Gasteiger charge is -2.00. The van der Waals surface area contributed by atoms with E-state index >= 15 is 0 Å². The van der Waals surface area contributed by atoms with Crippen LogP contribution in [0, 0.1) is 22.0 Å². The highest BCUT2D eigenvalue weighted by atomic mass is 32.2. The Morgan fingerprint density at radius 2 is 2.11 bits per heavy atom. The third-order valence-corrected chi connectivity index (χ3v) is 3.20. The molecule has 96 valence electrons. The van der Waals surface area contributed by atoms with Crippen LogP contribution in [-0.2, 0) is 9.84 Å². The van der Waals surface area contributed by atoms with Crippen LogP contribution in [0.2, 0.25) is 0 Å². The second-order valence-corrected chi connectivity index (χ2v) is 5.56. The molecule has 0 aliphatic carbocycles. The van der Waals surface area contributed by atoms with Crippen LogP contribution in [0.5, 0.6) is 0 Å². The minimum absolute atomic E-state index is 0.0985. The van der Waals surface area contributed by atoms with E-state index in [2.05, 4.69) is 11.8 Å². The molecule has 0 aliphatic rings. The lowest BCUT2D eigenvalue weighted by atomic mass is 10.2. The fourth-order valence-corrected chi connectivity index (χ4v) is 1.87. The number of nitrogens with two attached hydrogens (primary N) is 1. The highest BCUT2D eigenvalue weighted by Gasteiger charge is 2.17. The summed E-state index contributed by atoms with van der Waals surface area (Å²) >= 11 is 0. The maximum absolute atomic E-state index is 11.3. The minimum atomic E-state index is -3.47. The zero-order valence-electron chi connectivity index (χ0n) is 9.71. The fraction of sp³-hybridized carbons (Fsp3) is 0.273. The second kappa shape index (κ2) is 5.62. The molecule has 0 heterocycles. The quantitative estimate of drug-likeness (QED) is 0.493. The van der Waals surface area contributed by atoms with Crippen molar-refractivity contribution >= 4 is 15.5 Å². The lowest BCUT2D eigenvalue weighted by molar-refractivity contribution is -0.385. The van der Waals surface area contributed by atoms with Crippen molar-refractivity contribution < 1.29 is 13.3 Å². The predicted octanol–water partition coefficient (Wildman–Crippen LogP) is 0.699. The summed E-state index contributed by atoms with van der Waals surface area (Å²) in [6, 6.07) is 3.65. The van der Waals surface area contributed by atoms with Gasteiger partial charge in [0.2, 0.25) is 0 Å². The van der Waals surface area contributed by atoms with Gasteiger partial charge in [-0.15, -0.1) is 0 Å². The summed E-state index contributed by atoms with van der Waals surface area (Å²) in [7, 11) is -3.47.